The van der Waals surface area contributed by atoms with Gasteiger partial charge in [-0.05, 0) is 58.8 Å². The van der Waals surface area contributed by atoms with Gasteiger partial charge in [-0.25, -0.2) is 4.79 Å². The molecule has 38 heavy (non-hydrogen) atoms. The van der Waals surface area contributed by atoms with Gasteiger partial charge in [-0.1, -0.05) is 60.3 Å². The highest BCUT2D eigenvalue weighted by atomic mass is 32.2. The van der Waals surface area contributed by atoms with Crippen molar-refractivity contribution >= 4 is 68.2 Å². The third-order valence-electron chi connectivity index (χ3n) is 5.98. The average molecular weight is 525 g/mol. The molecule has 1 aliphatic heterocycles. The first kappa shape index (κ1) is 25.2. The fourth-order valence-corrected chi connectivity index (χ4v) is 5.12. The Morgan fingerprint density at radius 1 is 1.00 bits per heavy atom. The van der Waals surface area contributed by atoms with E-state index in [0.29, 0.717) is 16.4 Å². The van der Waals surface area contributed by atoms with Gasteiger partial charge < -0.3 is 15.4 Å². The second kappa shape index (κ2) is 11.3. The number of hydrogen-bond donors (Lipinski definition) is 2. The number of hydrogen-bond acceptors (Lipinski definition) is 7. The van der Waals surface area contributed by atoms with Crippen LogP contribution in [0.2, 0.25) is 0 Å². The topological polar surface area (TPSA) is 109 Å². The first-order valence-electron chi connectivity index (χ1n) is 12.1. The van der Waals surface area contributed by atoms with Crippen LogP contribution in [0, 0.1) is 0 Å². The van der Waals surface area contributed by atoms with E-state index in [1.54, 1.807) is 37.4 Å². The molecule has 5 rings (SSSR count). The number of nitrogens with one attached hydrogen (secondary N) is 2. The van der Waals surface area contributed by atoms with Crippen LogP contribution in [0.15, 0.2) is 89.1 Å². The lowest BCUT2D eigenvalue weighted by Crippen LogP contribution is -2.28. The zero-order chi connectivity index (χ0) is 26.5. The Morgan fingerprint density at radius 3 is 2.32 bits per heavy atom. The molecular formula is C29H24N4O4S. The predicted molar refractivity (Wildman–Crippen MR) is 152 cm³/mol. The van der Waals surface area contributed by atoms with E-state index in [1.165, 1.54) is 11.8 Å². The molecule has 1 fully saturated rings. The number of fused-ring (bicyclic) bond motifs is 2. The molecular weight excluding hydrogens is 500 g/mol. The Labute approximate surface area is 223 Å². The minimum absolute atomic E-state index is 0.0349. The summed E-state index contributed by atoms with van der Waals surface area (Å²) in [4.78, 5) is 36.7. The molecule has 2 amide bonds. The maximum Gasteiger partial charge on any atom is 0.338 e. The standard InChI is InChI=1S/C29H24N4O4S/c1-2-37-28(36)18-11-13-21(14-12-18)31-26(34)16-25-27(35)32-29(38-25)33-30-17-24-22-9-5-3-7-19(22)15-20-8-4-6-10-23(20)24/h3-15,17,25H,2,16H2,1H3,(H,31,34)(H,32,33,35)/b30-17+. The Hall–Kier alpha value is -4.50. The van der Waals surface area contributed by atoms with Gasteiger partial charge >= 0.3 is 5.97 Å². The summed E-state index contributed by atoms with van der Waals surface area (Å²) >= 11 is 1.17. The summed E-state index contributed by atoms with van der Waals surface area (Å²) < 4.78 is 4.96. The van der Waals surface area contributed by atoms with Crippen molar-refractivity contribution < 1.29 is 19.1 Å². The van der Waals surface area contributed by atoms with Crippen LogP contribution in [0.5, 0.6) is 0 Å². The summed E-state index contributed by atoms with van der Waals surface area (Å²) in [6.45, 7) is 2.02. The number of benzene rings is 4. The van der Waals surface area contributed by atoms with Crippen LogP contribution in [-0.2, 0) is 14.3 Å². The molecule has 1 aliphatic rings. The fraction of sp³-hybridized carbons (Fsp3) is 0.138. The van der Waals surface area contributed by atoms with Crippen LogP contribution in [0.3, 0.4) is 0 Å². The van der Waals surface area contributed by atoms with Crippen LogP contribution in [0.1, 0.15) is 29.3 Å². The van der Waals surface area contributed by atoms with Crippen LogP contribution in [0.4, 0.5) is 5.69 Å². The predicted octanol–water partition coefficient (Wildman–Crippen LogP) is 5.12. The summed E-state index contributed by atoms with van der Waals surface area (Å²) in [6, 6.07) is 24.7. The van der Waals surface area contributed by atoms with E-state index in [9.17, 15) is 14.4 Å². The van der Waals surface area contributed by atoms with Gasteiger partial charge in [0.25, 0.3) is 0 Å². The highest BCUT2D eigenvalue weighted by Crippen LogP contribution is 2.28. The van der Waals surface area contributed by atoms with Gasteiger partial charge in [0.05, 0.1) is 18.4 Å². The van der Waals surface area contributed by atoms with E-state index in [1.807, 2.05) is 36.4 Å². The molecule has 190 valence electrons. The van der Waals surface area contributed by atoms with Crippen LogP contribution >= 0.6 is 11.8 Å². The number of anilines is 1. The van der Waals surface area contributed by atoms with Gasteiger partial charge in [0.1, 0.15) is 5.25 Å². The molecule has 0 aromatic heterocycles. The minimum atomic E-state index is -0.624. The van der Waals surface area contributed by atoms with Gasteiger partial charge in [-0.2, -0.15) is 5.10 Å². The Morgan fingerprint density at radius 2 is 1.66 bits per heavy atom. The number of ether oxygens (including phenoxy) is 1. The lowest BCUT2D eigenvalue weighted by molar-refractivity contribution is -0.122. The molecule has 9 heteroatoms. The first-order chi connectivity index (χ1) is 18.5. The quantitative estimate of drug-likeness (QED) is 0.151. The highest BCUT2D eigenvalue weighted by molar-refractivity contribution is 8.15. The molecule has 4 aromatic rings. The van der Waals surface area contributed by atoms with Crippen molar-refractivity contribution in [1.29, 1.82) is 0 Å². The average Bonchev–Trinajstić information content (AvgIpc) is 3.27. The fourth-order valence-electron chi connectivity index (χ4n) is 4.20. The van der Waals surface area contributed by atoms with Crippen molar-refractivity contribution in [3.8, 4) is 0 Å². The number of esters is 1. The van der Waals surface area contributed by atoms with Crippen LogP contribution in [-0.4, -0.2) is 41.0 Å². The lowest BCUT2D eigenvalue weighted by atomic mass is 9.97. The number of thioether (sulfide) groups is 1. The van der Waals surface area contributed by atoms with Gasteiger partial charge in [0.2, 0.25) is 11.8 Å². The number of carbonyl (C=O) groups is 3. The molecule has 0 spiro atoms. The zero-order valence-corrected chi connectivity index (χ0v) is 21.3. The van der Waals surface area contributed by atoms with E-state index in [4.69, 9.17) is 4.74 Å². The smallest absolute Gasteiger partial charge is 0.338 e. The molecule has 0 bridgehead atoms. The number of rotatable bonds is 7. The van der Waals surface area contributed by atoms with E-state index in [2.05, 4.69) is 39.0 Å². The molecule has 1 heterocycles. The molecule has 1 unspecified atom stereocenters. The summed E-state index contributed by atoms with van der Waals surface area (Å²) in [7, 11) is 0. The SMILES string of the molecule is CCOC(=O)c1ccc(NC(=O)CC2S/C(=N/N=C/c3c4ccccc4cc4ccccc34)NC2=O)cc1. The van der Waals surface area contributed by atoms with Crippen molar-refractivity contribution in [2.45, 2.75) is 18.6 Å². The van der Waals surface area contributed by atoms with Gasteiger partial charge in [-0.15, -0.1) is 5.10 Å². The molecule has 2 N–H and O–H groups in total. The molecule has 1 saturated heterocycles. The number of amidine groups is 1. The van der Waals surface area contributed by atoms with Crippen molar-refractivity contribution in [1.82, 2.24) is 5.32 Å². The summed E-state index contributed by atoms with van der Waals surface area (Å²) in [5, 5.41) is 18.0. The summed E-state index contributed by atoms with van der Waals surface area (Å²) in [6.07, 6.45) is 1.66. The lowest BCUT2D eigenvalue weighted by Gasteiger charge is -2.08. The monoisotopic (exact) mass is 524 g/mol. The molecule has 8 nitrogen and oxygen atoms in total. The third-order valence-corrected chi connectivity index (χ3v) is 7.05. The normalized spacial score (nSPS) is 16.3. The molecule has 4 aromatic carbocycles. The van der Waals surface area contributed by atoms with Crippen molar-refractivity contribution in [2.75, 3.05) is 11.9 Å². The van der Waals surface area contributed by atoms with E-state index in [-0.39, 0.29) is 24.8 Å². The number of amides is 2. The number of nitrogens with zero attached hydrogens (tertiary/aromatic N) is 2. The van der Waals surface area contributed by atoms with Gasteiger partial charge in [-0.3, -0.25) is 9.59 Å². The Balaban J connectivity index is 1.24. The molecule has 0 radical (unpaired) electrons. The van der Waals surface area contributed by atoms with Crippen LogP contribution < -0.4 is 10.6 Å². The summed E-state index contributed by atoms with van der Waals surface area (Å²) in [5.41, 5.74) is 1.86. The molecule has 0 aliphatic carbocycles. The number of carbonyl (C=O) groups excluding carboxylic acids is 3. The largest absolute Gasteiger partial charge is 0.462 e. The maximum atomic E-state index is 12.5. The highest BCUT2D eigenvalue weighted by Gasteiger charge is 2.32. The van der Waals surface area contributed by atoms with Crippen molar-refractivity contribution in [3.63, 3.8) is 0 Å². The maximum absolute atomic E-state index is 12.5. The first-order valence-corrected chi connectivity index (χ1v) is 13.0. The third kappa shape index (κ3) is 5.57. The molecule has 1 atom stereocenters. The second-order valence-electron chi connectivity index (χ2n) is 8.53. The van der Waals surface area contributed by atoms with Gasteiger partial charge in [0.15, 0.2) is 5.17 Å². The van der Waals surface area contributed by atoms with Gasteiger partial charge in [0, 0.05) is 17.7 Å². The van der Waals surface area contributed by atoms with E-state index in [0.717, 1.165) is 27.1 Å². The van der Waals surface area contributed by atoms with E-state index >= 15 is 0 Å². The minimum Gasteiger partial charge on any atom is -0.462 e. The zero-order valence-electron chi connectivity index (χ0n) is 20.5. The molecule has 0 saturated carbocycles. The van der Waals surface area contributed by atoms with Crippen LogP contribution in [0.25, 0.3) is 21.5 Å². The van der Waals surface area contributed by atoms with E-state index < -0.39 is 11.2 Å². The van der Waals surface area contributed by atoms with Crippen molar-refractivity contribution in [2.24, 2.45) is 10.2 Å². The Kier molecular flexibility index (Phi) is 7.46. The Bertz CT molecular complexity index is 1540. The van der Waals surface area contributed by atoms with Crippen molar-refractivity contribution in [3.05, 3.63) is 90.0 Å². The second-order valence-corrected chi connectivity index (χ2v) is 9.72. The summed E-state index contributed by atoms with van der Waals surface area (Å²) in [5.74, 6) is -1.05.